The highest BCUT2D eigenvalue weighted by atomic mass is 32.1. The quantitative estimate of drug-likeness (QED) is 0.674. The van der Waals surface area contributed by atoms with Crippen LogP contribution in [0, 0.1) is 6.92 Å². The Hall–Kier alpha value is -1.63. The molecule has 1 heterocycles. The Labute approximate surface area is 123 Å². The SMILES string of the molecule is Cc1cc(P(=O)(c2ccccc2)c2ccccc2)cs1. The molecule has 0 saturated heterocycles. The first kappa shape index (κ1) is 13.4. The summed E-state index contributed by atoms with van der Waals surface area (Å²) in [4.78, 5) is 1.19. The molecule has 0 fully saturated rings. The van der Waals surface area contributed by atoms with Gasteiger partial charge < -0.3 is 4.57 Å². The van der Waals surface area contributed by atoms with Crippen LogP contribution in [0.3, 0.4) is 0 Å². The summed E-state index contributed by atoms with van der Waals surface area (Å²) in [6.07, 6.45) is 0. The van der Waals surface area contributed by atoms with Crippen molar-refractivity contribution >= 4 is 34.4 Å². The molecule has 3 heteroatoms. The van der Waals surface area contributed by atoms with Crippen LogP contribution in [0.2, 0.25) is 0 Å². The summed E-state index contributed by atoms with van der Waals surface area (Å²) >= 11 is 1.65. The Balaban J connectivity index is 2.26. The lowest BCUT2D eigenvalue weighted by atomic mass is 10.4. The highest BCUT2D eigenvalue weighted by Gasteiger charge is 2.30. The molecular formula is C17H15OPS. The van der Waals surface area contributed by atoms with E-state index in [-0.39, 0.29) is 0 Å². The van der Waals surface area contributed by atoms with Gasteiger partial charge in [0.2, 0.25) is 0 Å². The third kappa shape index (κ3) is 2.26. The fourth-order valence-corrected chi connectivity index (χ4v) is 6.18. The van der Waals surface area contributed by atoms with Gasteiger partial charge in [0.05, 0.1) is 0 Å². The average molecular weight is 298 g/mol. The minimum atomic E-state index is -2.75. The second-order valence-electron chi connectivity index (χ2n) is 4.70. The largest absolute Gasteiger partial charge is 0.309 e. The van der Waals surface area contributed by atoms with Crippen molar-refractivity contribution in [1.29, 1.82) is 0 Å². The Morgan fingerprint density at radius 3 is 1.70 bits per heavy atom. The Bertz CT molecular complexity index is 703. The number of benzene rings is 2. The van der Waals surface area contributed by atoms with Gasteiger partial charge in [-0.3, -0.25) is 0 Å². The van der Waals surface area contributed by atoms with Gasteiger partial charge in [0.1, 0.15) is 0 Å². The Morgan fingerprint density at radius 1 is 0.800 bits per heavy atom. The molecular weight excluding hydrogens is 283 g/mol. The van der Waals surface area contributed by atoms with Gasteiger partial charge in [0.25, 0.3) is 0 Å². The third-order valence-electron chi connectivity index (χ3n) is 3.32. The van der Waals surface area contributed by atoms with Crippen molar-refractivity contribution in [3.05, 3.63) is 77.0 Å². The lowest BCUT2D eigenvalue weighted by Crippen LogP contribution is -2.23. The molecule has 1 nitrogen and oxygen atoms in total. The normalized spacial score (nSPS) is 11.4. The number of thiophene rings is 1. The molecule has 0 unspecified atom stereocenters. The van der Waals surface area contributed by atoms with E-state index in [1.54, 1.807) is 11.3 Å². The van der Waals surface area contributed by atoms with Crippen LogP contribution in [0.25, 0.3) is 0 Å². The van der Waals surface area contributed by atoms with Gasteiger partial charge in [0.15, 0.2) is 7.14 Å². The summed E-state index contributed by atoms with van der Waals surface area (Å²) in [5.41, 5.74) is 0. The van der Waals surface area contributed by atoms with Gasteiger partial charge in [0, 0.05) is 26.2 Å². The van der Waals surface area contributed by atoms with Gasteiger partial charge in [-0.25, -0.2) is 0 Å². The predicted octanol–water partition coefficient (Wildman–Crippen LogP) is 3.70. The van der Waals surface area contributed by atoms with Crippen LogP contribution >= 0.6 is 18.5 Å². The van der Waals surface area contributed by atoms with E-state index in [1.807, 2.05) is 72.1 Å². The second-order valence-corrected chi connectivity index (χ2v) is 8.58. The van der Waals surface area contributed by atoms with E-state index in [9.17, 15) is 4.57 Å². The van der Waals surface area contributed by atoms with Crippen LogP contribution in [-0.2, 0) is 4.57 Å². The molecule has 3 rings (SSSR count). The Morgan fingerprint density at radius 2 is 1.30 bits per heavy atom. The molecule has 0 aliphatic rings. The van der Waals surface area contributed by atoms with E-state index in [2.05, 4.69) is 6.92 Å². The zero-order valence-electron chi connectivity index (χ0n) is 11.2. The molecule has 0 N–H and O–H groups in total. The summed E-state index contributed by atoms with van der Waals surface area (Å²) < 4.78 is 13.8. The smallest absolute Gasteiger partial charge is 0.171 e. The van der Waals surface area contributed by atoms with Crippen LogP contribution in [0.5, 0.6) is 0 Å². The van der Waals surface area contributed by atoms with E-state index in [0.29, 0.717) is 0 Å². The maximum atomic E-state index is 13.8. The van der Waals surface area contributed by atoms with Crippen LogP contribution in [0.15, 0.2) is 72.1 Å². The molecule has 3 aromatic rings. The van der Waals surface area contributed by atoms with Crippen molar-refractivity contribution in [2.45, 2.75) is 6.92 Å². The van der Waals surface area contributed by atoms with Gasteiger partial charge >= 0.3 is 0 Å². The Kier molecular flexibility index (Phi) is 3.60. The summed E-state index contributed by atoms with van der Waals surface area (Å²) in [5, 5.41) is 4.74. The van der Waals surface area contributed by atoms with Gasteiger partial charge in [-0.2, -0.15) is 0 Å². The highest BCUT2D eigenvalue weighted by Crippen LogP contribution is 2.43. The first-order valence-electron chi connectivity index (χ1n) is 6.48. The molecule has 0 aliphatic carbocycles. The molecule has 0 radical (unpaired) electrons. The summed E-state index contributed by atoms with van der Waals surface area (Å²) in [6, 6.07) is 21.6. The molecule has 0 bridgehead atoms. The van der Waals surface area contributed by atoms with Crippen molar-refractivity contribution in [2.75, 3.05) is 0 Å². The molecule has 20 heavy (non-hydrogen) atoms. The summed E-state index contributed by atoms with van der Waals surface area (Å²) in [5.74, 6) is 0. The first-order valence-corrected chi connectivity index (χ1v) is 9.07. The third-order valence-corrected chi connectivity index (χ3v) is 7.39. The average Bonchev–Trinajstić information content (AvgIpc) is 2.95. The van der Waals surface area contributed by atoms with E-state index in [4.69, 9.17) is 0 Å². The van der Waals surface area contributed by atoms with Crippen LogP contribution < -0.4 is 15.9 Å². The van der Waals surface area contributed by atoms with Gasteiger partial charge in [-0.05, 0) is 13.0 Å². The summed E-state index contributed by atoms with van der Waals surface area (Å²) in [6.45, 7) is 2.05. The molecule has 0 aliphatic heterocycles. The van der Waals surface area contributed by atoms with Gasteiger partial charge in [-0.15, -0.1) is 11.3 Å². The minimum absolute atomic E-state index is 0.893. The molecule has 0 saturated carbocycles. The second kappa shape index (κ2) is 5.40. The highest BCUT2D eigenvalue weighted by molar-refractivity contribution is 7.85. The van der Waals surface area contributed by atoms with Crippen molar-refractivity contribution in [2.24, 2.45) is 0 Å². The van der Waals surface area contributed by atoms with Crippen LogP contribution in [0.4, 0.5) is 0 Å². The monoisotopic (exact) mass is 298 g/mol. The van der Waals surface area contributed by atoms with E-state index in [1.165, 1.54) is 4.88 Å². The van der Waals surface area contributed by atoms with Crippen LogP contribution in [-0.4, -0.2) is 0 Å². The lowest BCUT2D eigenvalue weighted by molar-refractivity contribution is 0.592. The predicted molar refractivity (Wildman–Crippen MR) is 88.4 cm³/mol. The molecule has 1 aromatic heterocycles. The topological polar surface area (TPSA) is 17.1 Å². The van der Waals surface area contributed by atoms with E-state index >= 15 is 0 Å². The maximum Gasteiger partial charge on any atom is 0.171 e. The minimum Gasteiger partial charge on any atom is -0.309 e. The molecule has 0 atom stereocenters. The zero-order valence-corrected chi connectivity index (χ0v) is 12.9. The van der Waals surface area contributed by atoms with E-state index in [0.717, 1.165) is 15.9 Å². The van der Waals surface area contributed by atoms with Crippen LogP contribution in [0.1, 0.15) is 4.88 Å². The van der Waals surface area contributed by atoms with Crippen molar-refractivity contribution in [3.63, 3.8) is 0 Å². The maximum absolute atomic E-state index is 13.8. The van der Waals surface area contributed by atoms with Crippen molar-refractivity contribution < 1.29 is 4.57 Å². The fourth-order valence-electron chi connectivity index (χ4n) is 2.32. The number of aryl methyl sites for hydroxylation is 1. The zero-order chi connectivity index (χ0) is 14.0. The summed E-state index contributed by atoms with van der Waals surface area (Å²) in [7, 11) is -2.75. The molecule has 2 aromatic carbocycles. The lowest BCUT2D eigenvalue weighted by Gasteiger charge is -2.18. The van der Waals surface area contributed by atoms with Gasteiger partial charge in [-0.1, -0.05) is 60.7 Å². The van der Waals surface area contributed by atoms with Crippen molar-refractivity contribution in [1.82, 2.24) is 0 Å². The number of rotatable bonds is 3. The fraction of sp³-hybridized carbons (Fsp3) is 0.0588. The van der Waals surface area contributed by atoms with E-state index < -0.39 is 7.14 Å². The van der Waals surface area contributed by atoms with Crippen molar-refractivity contribution in [3.8, 4) is 0 Å². The molecule has 100 valence electrons. The number of hydrogen-bond acceptors (Lipinski definition) is 2. The first-order chi connectivity index (χ1) is 9.71. The number of hydrogen-bond donors (Lipinski definition) is 0. The standard InChI is InChI=1S/C17H15OPS/c1-14-12-17(13-20-14)19(18,15-8-4-2-5-9-15)16-10-6-3-7-11-16/h2-13H,1H3. The molecule has 0 spiro atoms. The molecule has 0 amide bonds.